The van der Waals surface area contributed by atoms with E-state index >= 15 is 0 Å². The van der Waals surface area contributed by atoms with Gasteiger partial charge in [0.05, 0.1) is 26.4 Å². The number of phosphoric acid groups is 2. The zero-order chi connectivity index (χ0) is 70.4. The first kappa shape index (κ1) is 92.8. The second-order valence-electron chi connectivity index (χ2n) is 25.9. The zero-order valence-corrected chi connectivity index (χ0v) is 62.8. The first-order valence-electron chi connectivity index (χ1n) is 38.5. The minimum Gasteiger partial charge on any atom is -0.462 e. The van der Waals surface area contributed by atoms with Crippen LogP contribution in [0.1, 0.15) is 349 Å². The maximum Gasteiger partial charge on any atom is 0.472 e. The third-order valence-electron chi connectivity index (χ3n) is 16.5. The van der Waals surface area contributed by atoms with E-state index in [-0.39, 0.29) is 25.7 Å². The van der Waals surface area contributed by atoms with Crippen molar-refractivity contribution in [1.82, 2.24) is 0 Å². The first-order chi connectivity index (χ1) is 46.7. The molecule has 19 heteroatoms. The number of hydrogen-bond acceptors (Lipinski definition) is 15. The molecule has 0 aromatic heterocycles. The molecule has 0 aliphatic rings. The highest BCUT2D eigenvalue weighted by Crippen LogP contribution is 2.45. The van der Waals surface area contributed by atoms with Crippen molar-refractivity contribution in [2.45, 2.75) is 367 Å². The lowest BCUT2D eigenvalue weighted by molar-refractivity contribution is -0.161. The van der Waals surface area contributed by atoms with E-state index in [0.717, 1.165) is 161 Å². The number of carbonyl (C=O) groups excluding carboxylic acids is 4. The van der Waals surface area contributed by atoms with Crippen molar-refractivity contribution in [2.24, 2.45) is 0 Å². The van der Waals surface area contributed by atoms with Crippen molar-refractivity contribution >= 4 is 39.5 Å². The maximum atomic E-state index is 13.1. The monoisotopic (exact) mass is 1400 g/mol. The van der Waals surface area contributed by atoms with Gasteiger partial charge >= 0.3 is 39.5 Å². The molecule has 0 rings (SSSR count). The van der Waals surface area contributed by atoms with Gasteiger partial charge in [-0.2, -0.15) is 0 Å². The molecule has 0 aromatic rings. The third-order valence-corrected chi connectivity index (χ3v) is 18.4. The summed E-state index contributed by atoms with van der Waals surface area (Å²) in [5.74, 6) is -2.17. The second kappa shape index (κ2) is 70.2. The van der Waals surface area contributed by atoms with E-state index < -0.39 is 97.5 Å². The fourth-order valence-electron chi connectivity index (χ4n) is 10.6. The largest absolute Gasteiger partial charge is 0.472 e. The molecule has 5 unspecified atom stereocenters. The average molecular weight is 1400 g/mol. The van der Waals surface area contributed by atoms with Gasteiger partial charge in [-0.05, 0) is 103 Å². The zero-order valence-electron chi connectivity index (χ0n) is 61.1. The Balaban J connectivity index is 5.30. The molecule has 0 saturated carbocycles. The van der Waals surface area contributed by atoms with E-state index in [1.165, 1.54) is 109 Å². The number of allylic oxidation sites excluding steroid dienone is 10. The molecule has 560 valence electrons. The Kier molecular flexibility index (Phi) is 67.8. The van der Waals surface area contributed by atoms with Gasteiger partial charge in [0.15, 0.2) is 12.2 Å². The molecule has 0 saturated heterocycles. The standard InChI is InChI=1S/C77H140O17P2/c1-5-9-13-17-21-25-29-32-34-35-37-39-43-46-50-54-58-62-75(80)88-68-73(94-77(82)64-60-56-52-48-44-40-36-33-30-26-22-18-14-10-6-2)70-92-96(85,86)90-66-71(78)65-89-95(83,84)91-69-72(93-76(81)63-59-55-51-47-41-28-24-20-16-12-8-4)67-87-74(79)61-57-53-49-45-42-38-31-27-23-19-15-11-7-3/h9,13,20-21,24-25,32-34,36,71-73,78H,5-8,10-12,14-19,22-23,26-31,35,37-70H2,1-4H3,(H,83,84)(H,85,86)/b13-9-,24-20-,25-21-,34-32-,36-33-. The highest BCUT2D eigenvalue weighted by molar-refractivity contribution is 7.47. The Hall–Kier alpha value is -3.24. The number of hydrogen-bond donors (Lipinski definition) is 3. The topological polar surface area (TPSA) is 237 Å². The lowest BCUT2D eigenvalue weighted by Gasteiger charge is -2.21. The van der Waals surface area contributed by atoms with E-state index in [2.05, 4.69) is 88.5 Å². The summed E-state index contributed by atoms with van der Waals surface area (Å²) in [5.41, 5.74) is 0. The Morgan fingerprint density at radius 2 is 0.552 bits per heavy atom. The normalized spacial score (nSPS) is 14.3. The van der Waals surface area contributed by atoms with Gasteiger partial charge in [-0.1, -0.05) is 281 Å². The molecular weight excluding hydrogens is 1260 g/mol. The van der Waals surface area contributed by atoms with E-state index in [4.69, 9.17) is 37.0 Å². The highest BCUT2D eigenvalue weighted by Gasteiger charge is 2.30. The van der Waals surface area contributed by atoms with Gasteiger partial charge in [-0.15, -0.1) is 0 Å². The van der Waals surface area contributed by atoms with Crippen molar-refractivity contribution in [3.63, 3.8) is 0 Å². The Morgan fingerprint density at radius 1 is 0.302 bits per heavy atom. The molecule has 96 heavy (non-hydrogen) atoms. The third kappa shape index (κ3) is 69.2. The van der Waals surface area contributed by atoms with Crippen molar-refractivity contribution in [1.29, 1.82) is 0 Å². The second-order valence-corrected chi connectivity index (χ2v) is 28.8. The van der Waals surface area contributed by atoms with Gasteiger partial charge in [0.1, 0.15) is 19.3 Å². The van der Waals surface area contributed by atoms with Crippen LogP contribution in [0.2, 0.25) is 0 Å². The minimum atomic E-state index is -4.97. The number of ether oxygens (including phenoxy) is 4. The molecule has 0 bridgehead atoms. The smallest absolute Gasteiger partial charge is 0.462 e. The summed E-state index contributed by atoms with van der Waals surface area (Å²) in [5, 5.41) is 10.6. The van der Waals surface area contributed by atoms with Crippen LogP contribution in [-0.4, -0.2) is 96.7 Å². The molecule has 0 amide bonds. The molecular formula is C77H140O17P2. The quantitative estimate of drug-likeness (QED) is 0.0169. The van der Waals surface area contributed by atoms with Crippen molar-refractivity contribution in [3.8, 4) is 0 Å². The van der Waals surface area contributed by atoms with Crippen LogP contribution in [0.25, 0.3) is 0 Å². The molecule has 5 atom stereocenters. The molecule has 0 aliphatic carbocycles. The summed E-state index contributed by atoms with van der Waals surface area (Å²) in [6.45, 7) is 4.74. The van der Waals surface area contributed by atoms with Gasteiger partial charge < -0.3 is 33.8 Å². The van der Waals surface area contributed by atoms with Crippen LogP contribution in [0.5, 0.6) is 0 Å². The molecule has 3 N–H and O–H groups in total. The highest BCUT2D eigenvalue weighted by atomic mass is 31.2. The van der Waals surface area contributed by atoms with Crippen molar-refractivity contribution in [2.75, 3.05) is 39.6 Å². The first-order valence-corrected chi connectivity index (χ1v) is 41.5. The minimum absolute atomic E-state index is 0.0864. The summed E-state index contributed by atoms with van der Waals surface area (Å²) in [6.07, 6.45) is 67.8. The van der Waals surface area contributed by atoms with Crippen LogP contribution in [0.15, 0.2) is 60.8 Å². The number of rotatable bonds is 73. The Morgan fingerprint density at radius 3 is 0.875 bits per heavy atom. The SMILES string of the molecule is CC/C=C\C/C=C\C/C=C\CCCCCCCCCC(=O)OCC(COP(=O)(O)OCC(O)COP(=O)(O)OCC(COC(=O)CCCCCCCCCCCCCCC)OC(=O)CCCCCCC/C=C\CCCC)OC(=O)CCCCCCC/C=C\CCCCCCCC. The van der Waals surface area contributed by atoms with E-state index in [1.54, 1.807) is 0 Å². The Labute approximate surface area is 584 Å². The summed E-state index contributed by atoms with van der Waals surface area (Å²) < 4.78 is 68.4. The molecule has 0 heterocycles. The fraction of sp³-hybridized carbons (Fsp3) is 0.818. The van der Waals surface area contributed by atoms with Crippen LogP contribution < -0.4 is 0 Å². The summed E-state index contributed by atoms with van der Waals surface area (Å²) >= 11 is 0. The summed E-state index contributed by atoms with van der Waals surface area (Å²) in [4.78, 5) is 72.8. The van der Waals surface area contributed by atoms with Crippen molar-refractivity contribution < 1.29 is 80.2 Å². The molecule has 0 aromatic carbocycles. The van der Waals surface area contributed by atoms with Crippen molar-refractivity contribution in [3.05, 3.63) is 60.8 Å². The number of aliphatic hydroxyl groups excluding tert-OH is 1. The molecule has 0 spiro atoms. The number of carbonyl (C=O) groups is 4. The number of aliphatic hydroxyl groups is 1. The number of unbranched alkanes of at least 4 members (excludes halogenated alkanes) is 37. The fourth-order valence-corrected chi connectivity index (χ4v) is 12.1. The summed E-state index contributed by atoms with van der Waals surface area (Å²) in [7, 11) is -9.94. The van der Waals surface area contributed by atoms with E-state index in [0.29, 0.717) is 25.7 Å². The maximum absolute atomic E-state index is 13.1. The predicted molar refractivity (Wildman–Crippen MR) is 390 cm³/mol. The summed E-state index contributed by atoms with van der Waals surface area (Å²) in [6, 6.07) is 0. The lowest BCUT2D eigenvalue weighted by atomic mass is 10.0. The van der Waals surface area contributed by atoms with Crippen LogP contribution in [-0.2, 0) is 65.4 Å². The van der Waals surface area contributed by atoms with Gasteiger partial charge in [0.2, 0.25) is 0 Å². The van der Waals surface area contributed by atoms with Gasteiger partial charge in [-0.25, -0.2) is 9.13 Å². The number of phosphoric ester groups is 2. The van der Waals surface area contributed by atoms with Crippen LogP contribution in [0.3, 0.4) is 0 Å². The average Bonchev–Trinajstić information content (AvgIpc) is 2.18. The van der Waals surface area contributed by atoms with Gasteiger partial charge in [0, 0.05) is 25.7 Å². The van der Waals surface area contributed by atoms with Crippen LogP contribution in [0, 0.1) is 0 Å². The van der Waals surface area contributed by atoms with E-state index in [1.807, 2.05) is 0 Å². The number of esters is 4. The van der Waals surface area contributed by atoms with E-state index in [9.17, 15) is 43.2 Å². The molecule has 0 fully saturated rings. The molecule has 0 aliphatic heterocycles. The predicted octanol–water partition coefficient (Wildman–Crippen LogP) is 21.9. The Bertz CT molecular complexity index is 2060. The van der Waals surface area contributed by atoms with Gasteiger partial charge in [0.25, 0.3) is 0 Å². The molecule has 17 nitrogen and oxygen atoms in total. The van der Waals surface area contributed by atoms with Crippen LogP contribution in [0.4, 0.5) is 0 Å². The lowest BCUT2D eigenvalue weighted by Crippen LogP contribution is -2.30. The molecule has 0 radical (unpaired) electrons. The van der Waals surface area contributed by atoms with Gasteiger partial charge in [-0.3, -0.25) is 37.3 Å². The van der Waals surface area contributed by atoms with Crippen LogP contribution >= 0.6 is 15.6 Å².